The summed E-state index contributed by atoms with van der Waals surface area (Å²) in [4.78, 5) is 27.5. The smallest absolute Gasteiger partial charge is 0.416 e. The van der Waals surface area contributed by atoms with Gasteiger partial charge in [-0.2, -0.15) is 13.2 Å². The van der Waals surface area contributed by atoms with Gasteiger partial charge in [0, 0.05) is 19.0 Å². The maximum Gasteiger partial charge on any atom is 0.416 e. The Morgan fingerprint density at radius 1 is 1.11 bits per heavy atom. The molecule has 0 aromatic heterocycles. The molecule has 150 valence electrons. The van der Waals surface area contributed by atoms with Crippen LogP contribution in [0.1, 0.15) is 57.1 Å². The highest BCUT2D eigenvalue weighted by Gasteiger charge is 2.68. The summed E-state index contributed by atoms with van der Waals surface area (Å²) in [6, 6.07) is 4.69. The van der Waals surface area contributed by atoms with Crippen LogP contribution in [-0.4, -0.2) is 36.5 Å². The van der Waals surface area contributed by atoms with Gasteiger partial charge in [0.2, 0.25) is 5.91 Å². The fourth-order valence-corrected chi connectivity index (χ4v) is 3.52. The average Bonchev–Trinajstić information content (AvgIpc) is 3.37. The van der Waals surface area contributed by atoms with Gasteiger partial charge in [-0.15, -0.1) is 0 Å². The van der Waals surface area contributed by atoms with Crippen LogP contribution >= 0.6 is 0 Å². The van der Waals surface area contributed by atoms with Crippen LogP contribution in [0.25, 0.3) is 0 Å². The number of benzene rings is 1. The lowest BCUT2D eigenvalue weighted by Crippen LogP contribution is -2.43. The molecule has 7 heteroatoms. The highest BCUT2D eigenvalue weighted by molar-refractivity contribution is 6.07. The van der Waals surface area contributed by atoms with E-state index in [1.54, 1.807) is 11.8 Å². The molecular weight excluding hydrogens is 359 g/mol. The van der Waals surface area contributed by atoms with Gasteiger partial charge in [0.1, 0.15) is 0 Å². The van der Waals surface area contributed by atoms with Crippen molar-refractivity contribution < 1.29 is 27.5 Å². The molecule has 0 spiro atoms. The standard InChI is InChI=1S/C20H26F3NO3/c1-4-11-24(12-5-2)17(25)19(18(26)27-6-3)13-16(19)14-7-9-15(10-8-14)20(21,22)23/h7-10,16H,4-6,11-13H2,1-3H3. The lowest BCUT2D eigenvalue weighted by atomic mass is 9.96. The maximum atomic E-state index is 13.2. The molecular formula is C20H26F3NO3. The summed E-state index contributed by atoms with van der Waals surface area (Å²) in [5.41, 5.74) is -1.52. The third-order valence-electron chi connectivity index (χ3n) is 4.90. The summed E-state index contributed by atoms with van der Waals surface area (Å²) in [6.45, 7) is 6.79. The molecule has 1 aromatic rings. The van der Waals surface area contributed by atoms with E-state index in [1.807, 2.05) is 13.8 Å². The molecule has 0 bridgehead atoms. The third kappa shape index (κ3) is 4.28. The Balaban J connectivity index is 2.32. The zero-order valence-corrected chi connectivity index (χ0v) is 15.9. The van der Waals surface area contributed by atoms with E-state index >= 15 is 0 Å². The van der Waals surface area contributed by atoms with Crippen molar-refractivity contribution in [3.63, 3.8) is 0 Å². The first kappa shape index (κ1) is 21.3. The molecule has 1 saturated carbocycles. The fraction of sp³-hybridized carbons (Fsp3) is 0.600. The van der Waals surface area contributed by atoms with Crippen molar-refractivity contribution in [2.24, 2.45) is 5.41 Å². The molecule has 4 nitrogen and oxygen atoms in total. The van der Waals surface area contributed by atoms with E-state index in [0.717, 1.165) is 25.0 Å². The first-order valence-electron chi connectivity index (χ1n) is 9.36. The summed E-state index contributed by atoms with van der Waals surface area (Å²) in [7, 11) is 0. The Kier molecular flexibility index (Phi) is 6.54. The van der Waals surface area contributed by atoms with Gasteiger partial charge in [0.05, 0.1) is 12.2 Å². The second-order valence-corrected chi connectivity index (χ2v) is 6.86. The van der Waals surface area contributed by atoms with Gasteiger partial charge in [-0.05, 0) is 43.9 Å². The van der Waals surface area contributed by atoms with E-state index in [4.69, 9.17) is 4.74 Å². The number of nitrogens with zero attached hydrogens (tertiary/aromatic N) is 1. The van der Waals surface area contributed by atoms with Crippen LogP contribution in [0.4, 0.5) is 13.2 Å². The summed E-state index contributed by atoms with van der Waals surface area (Å²) >= 11 is 0. The van der Waals surface area contributed by atoms with E-state index in [-0.39, 0.29) is 18.9 Å². The lowest BCUT2D eigenvalue weighted by Gasteiger charge is -2.26. The Morgan fingerprint density at radius 3 is 2.11 bits per heavy atom. The van der Waals surface area contributed by atoms with Crippen LogP contribution in [0.5, 0.6) is 0 Å². The van der Waals surface area contributed by atoms with Crippen molar-refractivity contribution in [2.75, 3.05) is 19.7 Å². The minimum absolute atomic E-state index is 0.148. The molecule has 0 saturated heterocycles. The molecule has 27 heavy (non-hydrogen) atoms. The molecule has 2 unspecified atom stereocenters. The van der Waals surface area contributed by atoms with Gasteiger partial charge in [-0.25, -0.2) is 0 Å². The average molecular weight is 385 g/mol. The van der Waals surface area contributed by atoms with Crippen LogP contribution in [0.2, 0.25) is 0 Å². The predicted molar refractivity (Wildman–Crippen MR) is 95.0 cm³/mol. The largest absolute Gasteiger partial charge is 0.465 e. The first-order chi connectivity index (χ1) is 12.7. The number of alkyl halides is 3. The quantitative estimate of drug-likeness (QED) is 0.493. The zero-order valence-electron chi connectivity index (χ0n) is 15.9. The van der Waals surface area contributed by atoms with Crippen LogP contribution < -0.4 is 0 Å². The van der Waals surface area contributed by atoms with Crippen molar-refractivity contribution >= 4 is 11.9 Å². The van der Waals surface area contributed by atoms with Gasteiger partial charge < -0.3 is 9.64 Å². The van der Waals surface area contributed by atoms with Gasteiger partial charge in [0.25, 0.3) is 0 Å². The van der Waals surface area contributed by atoms with Crippen LogP contribution in [0.15, 0.2) is 24.3 Å². The number of halogens is 3. The summed E-state index contributed by atoms with van der Waals surface area (Å²) in [6.07, 6.45) is -2.64. The normalized spacial score (nSPS) is 21.6. The summed E-state index contributed by atoms with van der Waals surface area (Å²) in [5.74, 6) is -1.32. The van der Waals surface area contributed by atoms with Crippen molar-refractivity contribution in [3.8, 4) is 0 Å². The number of amides is 1. The molecule has 0 heterocycles. The molecule has 1 amide bonds. The number of ether oxygens (including phenoxy) is 1. The van der Waals surface area contributed by atoms with Crippen molar-refractivity contribution in [3.05, 3.63) is 35.4 Å². The first-order valence-corrected chi connectivity index (χ1v) is 9.36. The molecule has 1 fully saturated rings. The topological polar surface area (TPSA) is 46.6 Å². The number of hydrogen-bond acceptors (Lipinski definition) is 3. The Labute approximate surface area is 157 Å². The van der Waals surface area contributed by atoms with Gasteiger partial charge in [-0.1, -0.05) is 26.0 Å². The second-order valence-electron chi connectivity index (χ2n) is 6.86. The van der Waals surface area contributed by atoms with Gasteiger partial charge >= 0.3 is 12.1 Å². The zero-order chi connectivity index (χ0) is 20.2. The van der Waals surface area contributed by atoms with Crippen LogP contribution in [-0.2, 0) is 20.5 Å². The molecule has 1 aliphatic carbocycles. The summed E-state index contributed by atoms with van der Waals surface area (Å²) < 4.78 is 43.5. The maximum absolute atomic E-state index is 13.2. The fourth-order valence-electron chi connectivity index (χ4n) is 3.52. The second kappa shape index (κ2) is 8.31. The van der Waals surface area contributed by atoms with Crippen molar-refractivity contribution in [1.82, 2.24) is 4.90 Å². The minimum atomic E-state index is -4.42. The Bertz CT molecular complexity index is 666. The number of carbonyl (C=O) groups excluding carboxylic acids is 2. The monoisotopic (exact) mass is 385 g/mol. The van der Waals surface area contributed by atoms with E-state index < -0.39 is 29.0 Å². The van der Waals surface area contributed by atoms with Gasteiger partial charge in [0.15, 0.2) is 5.41 Å². The molecule has 0 N–H and O–H groups in total. The molecule has 0 radical (unpaired) electrons. The number of esters is 1. The van der Waals surface area contributed by atoms with Gasteiger partial charge in [-0.3, -0.25) is 9.59 Å². The molecule has 0 aliphatic heterocycles. The summed E-state index contributed by atoms with van der Waals surface area (Å²) in [5, 5.41) is 0. The molecule has 1 aromatic carbocycles. The molecule has 2 atom stereocenters. The van der Waals surface area contributed by atoms with E-state index in [0.29, 0.717) is 18.7 Å². The lowest BCUT2D eigenvalue weighted by molar-refractivity contribution is -0.158. The number of rotatable bonds is 8. The highest BCUT2D eigenvalue weighted by atomic mass is 19.4. The number of hydrogen-bond donors (Lipinski definition) is 0. The van der Waals surface area contributed by atoms with E-state index in [9.17, 15) is 22.8 Å². The van der Waals surface area contributed by atoms with Crippen molar-refractivity contribution in [1.29, 1.82) is 0 Å². The predicted octanol–water partition coefficient (Wildman–Crippen LogP) is 4.39. The third-order valence-corrected chi connectivity index (χ3v) is 4.90. The van der Waals surface area contributed by atoms with E-state index in [1.165, 1.54) is 12.1 Å². The molecule has 2 rings (SSSR count). The van der Waals surface area contributed by atoms with Crippen LogP contribution in [0.3, 0.4) is 0 Å². The molecule has 1 aliphatic rings. The highest BCUT2D eigenvalue weighted by Crippen LogP contribution is 2.61. The number of carbonyl (C=O) groups is 2. The van der Waals surface area contributed by atoms with Crippen LogP contribution in [0, 0.1) is 5.41 Å². The van der Waals surface area contributed by atoms with Crippen molar-refractivity contribution in [2.45, 2.75) is 52.1 Å². The minimum Gasteiger partial charge on any atom is -0.465 e. The Hall–Kier alpha value is -2.05. The Morgan fingerprint density at radius 2 is 1.67 bits per heavy atom. The SMILES string of the molecule is CCCN(CCC)C(=O)C1(C(=O)OCC)CC1c1ccc(C(F)(F)F)cc1. The van der Waals surface area contributed by atoms with E-state index in [2.05, 4.69) is 0 Å².